The average molecular weight is 374 g/mol. The van der Waals surface area contributed by atoms with Gasteiger partial charge in [0.05, 0.1) is 5.52 Å². The first kappa shape index (κ1) is 18.3. The number of pyridine rings is 1. The van der Waals surface area contributed by atoms with Crippen molar-refractivity contribution in [3.05, 3.63) is 66.1 Å². The molecule has 3 aromatic rings. The van der Waals surface area contributed by atoms with Gasteiger partial charge in [-0.05, 0) is 36.8 Å². The van der Waals surface area contributed by atoms with Crippen molar-refractivity contribution < 1.29 is 17.5 Å². The molecule has 0 aliphatic rings. The first-order valence-corrected chi connectivity index (χ1v) is 9.52. The zero-order chi connectivity index (χ0) is 18.7. The van der Waals surface area contributed by atoms with Crippen molar-refractivity contribution in [2.24, 2.45) is 0 Å². The molecular weight excluding hydrogens is 355 g/mol. The van der Waals surface area contributed by atoms with Crippen molar-refractivity contribution in [1.82, 2.24) is 9.29 Å². The van der Waals surface area contributed by atoms with Crippen LogP contribution in [-0.4, -0.2) is 37.9 Å². The standard InChI is InChI=1S/C19H19FN2O3S/c1-14-12-15-6-5-9-18(19(15)21-13-14)26(23,24)22(2)10-11-25-17-8-4-3-7-16(17)20/h3-9,12-13H,10-11H2,1-2H3. The first-order chi connectivity index (χ1) is 12.4. The highest BCUT2D eigenvalue weighted by Crippen LogP contribution is 2.24. The van der Waals surface area contributed by atoms with Crippen LogP contribution in [-0.2, 0) is 10.0 Å². The number of sulfonamides is 1. The second-order valence-electron chi connectivity index (χ2n) is 5.95. The number of benzene rings is 2. The van der Waals surface area contributed by atoms with Crippen LogP contribution in [0, 0.1) is 12.7 Å². The fraction of sp³-hybridized carbons (Fsp3) is 0.211. The summed E-state index contributed by atoms with van der Waals surface area (Å²) in [5.41, 5.74) is 1.39. The van der Waals surface area contributed by atoms with Crippen LogP contribution in [0.5, 0.6) is 5.75 Å². The molecule has 0 amide bonds. The second-order valence-corrected chi connectivity index (χ2v) is 7.96. The van der Waals surface area contributed by atoms with Gasteiger partial charge >= 0.3 is 0 Å². The number of fused-ring (bicyclic) bond motifs is 1. The number of para-hydroxylation sites is 2. The summed E-state index contributed by atoms with van der Waals surface area (Å²) in [5.74, 6) is -0.382. The van der Waals surface area contributed by atoms with E-state index in [9.17, 15) is 12.8 Å². The molecule has 2 aromatic carbocycles. The lowest BCUT2D eigenvalue weighted by Crippen LogP contribution is -2.31. The number of halogens is 1. The van der Waals surface area contributed by atoms with Crippen LogP contribution in [0.2, 0.25) is 0 Å². The molecule has 1 aromatic heterocycles. The Kier molecular flexibility index (Phi) is 5.20. The van der Waals surface area contributed by atoms with Crippen LogP contribution < -0.4 is 4.74 Å². The highest BCUT2D eigenvalue weighted by molar-refractivity contribution is 7.89. The van der Waals surface area contributed by atoms with Gasteiger partial charge in [-0.1, -0.05) is 24.3 Å². The molecule has 0 saturated heterocycles. The third-order valence-corrected chi connectivity index (χ3v) is 5.89. The van der Waals surface area contributed by atoms with E-state index in [4.69, 9.17) is 4.74 Å². The Morgan fingerprint density at radius 3 is 2.69 bits per heavy atom. The molecule has 0 aliphatic heterocycles. The lowest BCUT2D eigenvalue weighted by Gasteiger charge is -2.18. The third kappa shape index (κ3) is 3.68. The highest BCUT2D eigenvalue weighted by Gasteiger charge is 2.23. The van der Waals surface area contributed by atoms with Gasteiger partial charge in [0.15, 0.2) is 11.6 Å². The van der Waals surface area contributed by atoms with Gasteiger partial charge in [0.1, 0.15) is 11.5 Å². The highest BCUT2D eigenvalue weighted by atomic mass is 32.2. The molecule has 0 bridgehead atoms. The number of hydrogen-bond donors (Lipinski definition) is 0. The average Bonchev–Trinajstić information content (AvgIpc) is 2.62. The Labute approximate surface area is 152 Å². The molecule has 0 aliphatic carbocycles. The number of hydrogen-bond acceptors (Lipinski definition) is 4. The third-order valence-electron chi connectivity index (χ3n) is 4.00. The number of rotatable bonds is 6. The minimum Gasteiger partial charge on any atom is -0.489 e. The Bertz CT molecular complexity index is 1040. The number of nitrogens with zero attached hydrogens (tertiary/aromatic N) is 2. The molecule has 7 heteroatoms. The van der Waals surface area contributed by atoms with E-state index < -0.39 is 15.8 Å². The minimum atomic E-state index is -3.75. The van der Waals surface area contributed by atoms with E-state index in [1.807, 2.05) is 19.1 Å². The number of aryl methyl sites for hydroxylation is 1. The van der Waals surface area contributed by atoms with Gasteiger partial charge in [-0.15, -0.1) is 0 Å². The lowest BCUT2D eigenvalue weighted by molar-refractivity contribution is 0.275. The summed E-state index contributed by atoms with van der Waals surface area (Å²) in [6.45, 7) is 2.02. The molecule has 0 atom stereocenters. The van der Waals surface area contributed by atoms with E-state index in [2.05, 4.69) is 4.98 Å². The van der Waals surface area contributed by atoms with Crippen LogP contribution >= 0.6 is 0 Å². The molecule has 0 radical (unpaired) electrons. The van der Waals surface area contributed by atoms with Crippen molar-refractivity contribution in [3.8, 4) is 5.75 Å². The van der Waals surface area contributed by atoms with Crippen molar-refractivity contribution >= 4 is 20.9 Å². The van der Waals surface area contributed by atoms with Crippen molar-refractivity contribution in [2.75, 3.05) is 20.2 Å². The summed E-state index contributed by atoms with van der Waals surface area (Å²) in [7, 11) is -2.28. The van der Waals surface area contributed by atoms with E-state index in [0.717, 1.165) is 10.9 Å². The molecule has 1 heterocycles. The predicted octanol–water partition coefficient (Wildman–Crippen LogP) is 3.38. The number of likely N-dealkylation sites (N-methyl/N-ethyl adjacent to an activating group) is 1. The van der Waals surface area contributed by atoms with E-state index in [1.165, 1.54) is 29.6 Å². The fourth-order valence-corrected chi connectivity index (χ4v) is 3.90. The topological polar surface area (TPSA) is 59.5 Å². The van der Waals surface area contributed by atoms with Crippen molar-refractivity contribution in [3.63, 3.8) is 0 Å². The molecule has 0 fully saturated rings. The summed E-state index contributed by atoms with van der Waals surface area (Å²) < 4.78 is 45.9. The second kappa shape index (κ2) is 7.39. The van der Waals surface area contributed by atoms with Gasteiger partial charge in [-0.2, -0.15) is 4.31 Å². The number of aromatic nitrogens is 1. The summed E-state index contributed by atoms with van der Waals surface area (Å²) >= 11 is 0. The van der Waals surface area contributed by atoms with E-state index >= 15 is 0 Å². The zero-order valence-electron chi connectivity index (χ0n) is 14.5. The minimum absolute atomic E-state index is 0.0357. The van der Waals surface area contributed by atoms with Gasteiger partial charge in [0.2, 0.25) is 10.0 Å². The molecule has 0 N–H and O–H groups in total. The predicted molar refractivity (Wildman–Crippen MR) is 98.2 cm³/mol. The summed E-state index contributed by atoms with van der Waals surface area (Å²) in [6.07, 6.45) is 1.64. The van der Waals surface area contributed by atoms with Crippen LogP contribution in [0.15, 0.2) is 59.6 Å². The zero-order valence-corrected chi connectivity index (χ0v) is 15.3. The maximum absolute atomic E-state index is 13.6. The SMILES string of the molecule is Cc1cnc2c(S(=O)(=O)N(C)CCOc3ccccc3F)cccc2c1. The fourth-order valence-electron chi connectivity index (χ4n) is 2.59. The largest absolute Gasteiger partial charge is 0.489 e. The Morgan fingerprint density at radius 1 is 1.15 bits per heavy atom. The summed E-state index contributed by atoms with van der Waals surface area (Å²) in [4.78, 5) is 4.42. The molecule has 26 heavy (non-hydrogen) atoms. The monoisotopic (exact) mass is 374 g/mol. The molecule has 5 nitrogen and oxygen atoms in total. The van der Waals surface area contributed by atoms with Crippen molar-refractivity contribution in [1.29, 1.82) is 0 Å². The Balaban J connectivity index is 1.78. The van der Waals surface area contributed by atoms with Crippen LogP contribution in [0.3, 0.4) is 0 Å². The van der Waals surface area contributed by atoms with E-state index in [1.54, 1.807) is 24.4 Å². The van der Waals surface area contributed by atoms with Gasteiger partial charge in [0.25, 0.3) is 0 Å². The van der Waals surface area contributed by atoms with Gasteiger partial charge in [0, 0.05) is 25.2 Å². The Hall–Kier alpha value is -2.51. The maximum Gasteiger partial charge on any atom is 0.245 e. The summed E-state index contributed by atoms with van der Waals surface area (Å²) in [5, 5.41) is 0.766. The number of ether oxygens (including phenoxy) is 1. The molecule has 3 rings (SSSR count). The van der Waals surface area contributed by atoms with Crippen LogP contribution in [0.4, 0.5) is 4.39 Å². The molecule has 0 saturated carbocycles. The normalized spacial score (nSPS) is 11.8. The van der Waals surface area contributed by atoms with Gasteiger partial charge in [-0.25, -0.2) is 12.8 Å². The van der Waals surface area contributed by atoms with Gasteiger partial charge < -0.3 is 4.74 Å². The van der Waals surface area contributed by atoms with Crippen molar-refractivity contribution in [2.45, 2.75) is 11.8 Å². The van der Waals surface area contributed by atoms with E-state index in [0.29, 0.717) is 5.52 Å². The smallest absolute Gasteiger partial charge is 0.245 e. The molecule has 0 unspecified atom stereocenters. The molecular formula is C19H19FN2O3S. The van der Waals surface area contributed by atoms with Crippen LogP contribution in [0.25, 0.3) is 10.9 Å². The maximum atomic E-state index is 13.6. The van der Waals surface area contributed by atoms with Crippen LogP contribution in [0.1, 0.15) is 5.56 Å². The van der Waals surface area contributed by atoms with E-state index in [-0.39, 0.29) is 23.8 Å². The molecule has 136 valence electrons. The molecule has 0 spiro atoms. The lowest BCUT2D eigenvalue weighted by atomic mass is 10.2. The quantitative estimate of drug-likeness (QED) is 0.664. The Morgan fingerprint density at radius 2 is 1.92 bits per heavy atom. The van der Waals surface area contributed by atoms with Gasteiger partial charge in [-0.3, -0.25) is 4.98 Å². The summed E-state index contributed by atoms with van der Waals surface area (Å²) in [6, 6.07) is 13.0. The first-order valence-electron chi connectivity index (χ1n) is 8.08.